The van der Waals surface area contributed by atoms with Crippen LogP contribution in [-0.2, 0) is 27.4 Å². The number of rotatable bonds is 8. The molecule has 0 aliphatic heterocycles. The lowest BCUT2D eigenvalue weighted by Gasteiger charge is -2.12. The molecule has 0 aliphatic carbocycles. The molecule has 3 aromatic rings. The van der Waals surface area contributed by atoms with Gasteiger partial charge < -0.3 is 9.15 Å². The Morgan fingerprint density at radius 1 is 1.12 bits per heavy atom. The summed E-state index contributed by atoms with van der Waals surface area (Å²) in [7, 11) is -4.45. The average molecular weight is 484 g/mol. The van der Waals surface area contributed by atoms with Crippen LogP contribution in [0.15, 0.2) is 62.6 Å². The molecule has 0 aliphatic rings. The van der Waals surface area contributed by atoms with Crippen LogP contribution in [0.4, 0.5) is 13.2 Å². The Morgan fingerprint density at radius 3 is 2.58 bits per heavy atom. The van der Waals surface area contributed by atoms with Crippen LogP contribution in [0.5, 0.6) is 5.75 Å². The summed E-state index contributed by atoms with van der Waals surface area (Å²) in [6, 6.07) is 9.13. The first-order chi connectivity index (χ1) is 15.5. The lowest BCUT2D eigenvalue weighted by Crippen LogP contribution is -2.43. The minimum absolute atomic E-state index is 0.190. The number of carbonyl (C=O) groups is 1. The first-order valence-electron chi connectivity index (χ1n) is 9.67. The fourth-order valence-electron chi connectivity index (χ4n) is 2.98. The van der Waals surface area contributed by atoms with E-state index < -0.39 is 44.8 Å². The zero-order valence-electron chi connectivity index (χ0n) is 17.2. The lowest BCUT2D eigenvalue weighted by molar-refractivity contribution is -0.137. The Balaban J connectivity index is 1.64. The van der Waals surface area contributed by atoms with Crippen molar-refractivity contribution in [1.82, 2.24) is 10.3 Å². The number of hydrogen-bond donors (Lipinski definition) is 2. The Morgan fingerprint density at radius 2 is 1.88 bits per heavy atom. The van der Waals surface area contributed by atoms with Crippen molar-refractivity contribution >= 4 is 26.9 Å². The number of fused-ring (bicyclic) bond motifs is 1. The second-order valence-electron chi connectivity index (χ2n) is 6.97. The van der Waals surface area contributed by atoms with Crippen LogP contribution in [0.2, 0.25) is 0 Å². The maximum absolute atomic E-state index is 12.8. The number of nitrogens with one attached hydrogen (secondary N) is 2. The highest BCUT2D eigenvalue weighted by Crippen LogP contribution is 2.30. The van der Waals surface area contributed by atoms with Gasteiger partial charge in [0.25, 0.3) is 15.9 Å². The molecule has 0 radical (unpaired) electrons. The SMILES string of the molecule is CCCc1cc(=O)oc2cc(OCC(=O)NNS(=O)(=O)c3cccc(C(F)(F)F)c3)ccc12. The van der Waals surface area contributed by atoms with Gasteiger partial charge in [0.05, 0.1) is 10.5 Å². The zero-order chi connectivity index (χ0) is 24.2. The Hall–Kier alpha value is -3.38. The van der Waals surface area contributed by atoms with Gasteiger partial charge in [0, 0.05) is 17.5 Å². The van der Waals surface area contributed by atoms with Crippen molar-refractivity contribution in [3.63, 3.8) is 0 Å². The normalized spacial score (nSPS) is 12.0. The highest BCUT2D eigenvalue weighted by Gasteiger charge is 2.31. The van der Waals surface area contributed by atoms with Gasteiger partial charge in [-0.3, -0.25) is 10.2 Å². The summed E-state index contributed by atoms with van der Waals surface area (Å²) >= 11 is 0. The van der Waals surface area contributed by atoms with Gasteiger partial charge in [0.1, 0.15) is 11.3 Å². The summed E-state index contributed by atoms with van der Waals surface area (Å²) in [5.41, 5.74) is 1.28. The third-order valence-corrected chi connectivity index (χ3v) is 5.73. The second-order valence-corrected chi connectivity index (χ2v) is 8.65. The van der Waals surface area contributed by atoms with E-state index >= 15 is 0 Å². The van der Waals surface area contributed by atoms with E-state index in [0.29, 0.717) is 12.5 Å². The van der Waals surface area contributed by atoms with Gasteiger partial charge in [-0.15, -0.1) is 4.83 Å². The lowest BCUT2D eigenvalue weighted by atomic mass is 10.1. The third-order valence-electron chi connectivity index (χ3n) is 4.49. The first kappa shape index (κ1) is 24.3. The molecule has 2 N–H and O–H groups in total. The van der Waals surface area contributed by atoms with Crippen LogP contribution in [0, 0.1) is 0 Å². The fraction of sp³-hybridized carbons (Fsp3) is 0.238. The van der Waals surface area contributed by atoms with E-state index in [1.807, 2.05) is 12.3 Å². The number of carbonyl (C=O) groups excluding carboxylic acids is 1. The molecule has 0 fully saturated rings. The van der Waals surface area contributed by atoms with E-state index in [1.54, 1.807) is 17.0 Å². The number of amides is 1. The predicted molar refractivity (Wildman–Crippen MR) is 112 cm³/mol. The summed E-state index contributed by atoms with van der Waals surface area (Å²) in [4.78, 5) is 24.7. The Bertz CT molecular complexity index is 1340. The van der Waals surface area contributed by atoms with Crippen molar-refractivity contribution < 1.29 is 35.5 Å². The van der Waals surface area contributed by atoms with E-state index in [2.05, 4.69) is 0 Å². The standard InChI is InChI=1S/C21H19F3N2O6S/c1-2-4-13-9-20(28)32-18-11-15(7-8-17(13)18)31-12-19(27)25-26-33(29,30)16-6-3-5-14(10-16)21(22,23)24/h3,5-11,26H,2,4,12H2,1H3,(H,25,27). The molecule has 3 rings (SSSR count). The van der Waals surface area contributed by atoms with Gasteiger partial charge in [-0.05, 0) is 42.3 Å². The average Bonchev–Trinajstić information content (AvgIpc) is 2.75. The smallest absolute Gasteiger partial charge is 0.416 e. The van der Waals surface area contributed by atoms with E-state index in [-0.39, 0.29) is 11.3 Å². The summed E-state index contributed by atoms with van der Waals surface area (Å²) in [5.74, 6) is -0.720. The van der Waals surface area contributed by atoms with Gasteiger partial charge in [0.2, 0.25) is 0 Å². The number of hydrazine groups is 1. The van der Waals surface area contributed by atoms with Crippen LogP contribution in [0.3, 0.4) is 0 Å². The van der Waals surface area contributed by atoms with Crippen LogP contribution >= 0.6 is 0 Å². The number of hydrogen-bond acceptors (Lipinski definition) is 6. The van der Waals surface area contributed by atoms with Crippen LogP contribution in [0.1, 0.15) is 24.5 Å². The number of halogens is 3. The van der Waals surface area contributed by atoms with Crippen LogP contribution < -0.4 is 20.6 Å². The summed E-state index contributed by atoms with van der Waals surface area (Å²) in [6.07, 6.45) is -3.22. The molecule has 176 valence electrons. The molecule has 8 nitrogen and oxygen atoms in total. The minimum Gasteiger partial charge on any atom is -0.484 e. The molecule has 33 heavy (non-hydrogen) atoms. The van der Waals surface area contributed by atoms with Crippen molar-refractivity contribution in [2.24, 2.45) is 0 Å². The molecule has 0 saturated heterocycles. The van der Waals surface area contributed by atoms with Gasteiger partial charge in [-0.1, -0.05) is 19.4 Å². The summed E-state index contributed by atoms with van der Waals surface area (Å²) < 4.78 is 73.2. The van der Waals surface area contributed by atoms with E-state index in [9.17, 15) is 31.2 Å². The molecule has 0 bridgehead atoms. The molecule has 0 spiro atoms. The van der Waals surface area contributed by atoms with Gasteiger partial charge in [-0.25, -0.2) is 13.2 Å². The highest BCUT2D eigenvalue weighted by molar-refractivity contribution is 7.89. The topological polar surface area (TPSA) is 115 Å². The van der Waals surface area contributed by atoms with Crippen LogP contribution in [0.25, 0.3) is 11.0 Å². The molecule has 12 heteroatoms. The maximum Gasteiger partial charge on any atom is 0.416 e. The van der Waals surface area contributed by atoms with Crippen molar-refractivity contribution in [2.75, 3.05) is 6.61 Å². The predicted octanol–water partition coefficient (Wildman–Crippen LogP) is 3.15. The van der Waals surface area contributed by atoms with Gasteiger partial charge >= 0.3 is 11.8 Å². The summed E-state index contributed by atoms with van der Waals surface area (Å²) in [5, 5.41) is 0.724. The van der Waals surface area contributed by atoms with E-state index in [0.717, 1.165) is 35.6 Å². The largest absolute Gasteiger partial charge is 0.484 e. The molecule has 1 amide bonds. The third kappa shape index (κ3) is 6.11. The molecule has 0 unspecified atom stereocenters. The fourth-order valence-corrected chi connectivity index (χ4v) is 3.89. The second kappa shape index (κ2) is 9.63. The maximum atomic E-state index is 12.8. The number of aryl methyl sites for hydroxylation is 1. The number of alkyl halides is 3. The monoisotopic (exact) mass is 484 g/mol. The van der Waals surface area contributed by atoms with Crippen molar-refractivity contribution in [3.8, 4) is 5.75 Å². The van der Waals surface area contributed by atoms with E-state index in [1.165, 1.54) is 12.1 Å². The Labute approximate surface area is 186 Å². The summed E-state index contributed by atoms with van der Waals surface area (Å²) in [6.45, 7) is 1.35. The molecule has 0 saturated carbocycles. The Kier molecular flexibility index (Phi) is 7.08. The van der Waals surface area contributed by atoms with Crippen molar-refractivity contribution in [2.45, 2.75) is 30.8 Å². The number of ether oxygens (including phenoxy) is 1. The quantitative estimate of drug-likeness (QED) is 0.375. The minimum atomic E-state index is -4.72. The highest BCUT2D eigenvalue weighted by atomic mass is 32.2. The van der Waals surface area contributed by atoms with Crippen molar-refractivity contribution in [3.05, 3.63) is 70.1 Å². The zero-order valence-corrected chi connectivity index (χ0v) is 18.0. The van der Waals surface area contributed by atoms with Crippen molar-refractivity contribution in [1.29, 1.82) is 0 Å². The first-order valence-corrected chi connectivity index (χ1v) is 11.2. The van der Waals surface area contributed by atoms with Gasteiger partial charge in [-0.2, -0.15) is 13.2 Å². The molecular formula is C21H19F3N2O6S. The van der Waals surface area contributed by atoms with E-state index in [4.69, 9.17) is 9.15 Å². The number of benzene rings is 2. The molecule has 1 heterocycles. The molecule has 1 aromatic heterocycles. The molecule has 2 aromatic carbocycles. The van der Waals surface area contributed by atoms with Gasteiger partial charge in [0.15, 0.2) is 6.61 Å². The molecule has 0 atom stereocenters. The molecular weight excluding hydrogens is 465 g/mol. The number of sulfonamides is 1. The van der Waals surface area contributed by atoms with Crippen LogP contribution in [-0.4, -0.2) is 20.9 Å².